The van der Waals surface area contributed by atoms with E-state index in [0.717, 1.165) is 0 Å². The minimum absolute atomic E-state index is 0.0250. The van der Waals surface area contributed by atoms with Gasteiger partial charge in [-0.05, 0) is 44.4 Å². The number of carbonyl (C=O) groups excluding carboxylic acids is 3. The lowest BCUT2D eigenvalue weighted by atomic mass is 10.1. The fraction of sp³-hybridized carbons (Fsp3) is 0.611. The van der Waals surface area contributed by atoms with Crippen LogP contribution in [0.4, 0.5) is 0 Å². The van der Waals surface area contributed by atoms with E-state index in [1.807, 2.05) is 6.92 Å². The number of carbonyl (C=O) groups is 3. The summed E-state index contributed by atoms with van der Waals surface area (Å²) in [4.78, 5) is 43.2. The molecule has 2 aliphatic heterocycles. The van der Waals surface area contributed by atoms with Crippen molar-refractivity contribution in [2.24, 2.45) is 5.28 Å². The summed E-state index contributed by atoms with van der Waals surface area (Å²) >= 11 is 6.37. The van der Waals surface area contributed by atoms with Crippen LogP contribution in [0.3, 0.4) is 0 Å². The zero-order chi connectivity index (χ0) is 23.0. The molecule has 0 aromatic rings. The van der Waals surface area contributed by atoms with Gasteiger partial charge in [0.25, 0.3) is 0 Å². The molecule has 1 atom stereocenters. The summed E-state index contributed by atoms with van der Waals surface area (Å²) in [5.41, 5.74) is 0.257. The number of cyclic esters (lactones) is 1. The van der Waals surface area contributed by atoms with Gasteiger partial charge >= 0.3 is 11.9 Å². The molecule has 11 nitrogen and oxygen atoms in total. The van der Waals surface area contributed by atoms with Crippen molar-refractivity contribution in [3.63, 3.8) is 0 Å². The molecule has 0 saturated carbocycles. The van der Waals surface area contributed by atoms with E-state index >= 15 is 0 Å². The van der Waals surface area contributed by atoms with Crippen LogP contribution < -0.4 is 0 Å². The summed E-state index contributed by atoms with van der Waals surface area (Å²) < 4.78 is 11.1. The highest BCUT2D eigenvalue weighted by atomic mass is 79.9. The number of hydrogen-bond donors (Lipinski definition) is 0. The van der Waals surface area contributed by atoms with Gasteiger partial charge in [-0.25, -0.2) is 4.79 Å². The van der Waals surface area contributed by atoms with Crippen LogP contribution in [0.25, 0.3) is 0 Å². The predicted molar refractivity (Wildman–Crippen MR) is 114 cm³/mol. The van der Waals surface area contributed by atoms with Gasteiger partial charge < -0.3 is 24.4 Å². The van der Waals surface area contributed by atoms with E-state index < -0.39 is 18.0 Å². The van der Waals surface area contributed by atoms with Crippen molar-refractivity contribution in [3.8, 4) is 0 Å². The average molecular weight is 568 g/mol. The predicted octanol–water partition coefficient (Wildman–Crippen LogP) is 2.50. The lowest BCUT2D eigenvalue weighted by molar-refractivity contribution is -0.711. The number of rotatable bonds is 9. The first kappa shape index (κ1) is 25.1. The lowest BCUT2D eigenvalue weighted by Gasteiger charge is -2.31. The van der Waals surface area contributed by atoms with E-state index in [9.17, 15) is 19.6 Å². The molecule has 1 saturated heterocycles. The number of piperazine rings is 1. The Labute approximate surface area is 196 Å². The Hall–Kier alpha value is -2.15. The van der Waals surface area contributed by atoms with Crippen LogP contribution in [0, 0.1) is 5.21 Å². The van der Waals surface area contributed by atoms with Gasteiger partial charge in [0.15, 0.2) is 5.76 Å². The largest absolute Gasteiger partial charge is 0.569 e. The SMILES string of the molecule is CCCC(OC(=O)CCC(=O)N1CCN(/[N+]([O-])=N/OC)CC1)C1=CC(=C(Br)Br)OC1=O. The third kappa shape index (κ3) is 7.20. The highest BCUT2D eigenvalue weighted by Crippen LogP contribution is 2.30. The van der Waals surface area contributed by atoms with Crippen LogP contribution in [-0.4, -0.2) is 72.1 Å². The smallest absolute Gasteiger partial charge is 0.343 e. The molecule has 172 valence electrons. The highest BCUT2D eigenvalue weighted by Gasteiger charge is 2.32. The lowest BCUT2D eigenvalue weighted by Crippen LogP contribution is -2.50. The number of amides is 1. The van der Waals surface area contributed by atoms with Gasteiger partial charge in [-0.3, -0.25) is 9.59 Å². The highest BCUT2D eigenvalue weighted by molar-refractivity contribution is 9.28. The van der Waals surface area contributed by atoms with Crippen molar-refractivity contribution in [2.75, 3.05) is 33.3 Å². The molecule has 0 N–H and O–H groups in total. The Morgan fingerprint density at radius 1 is 1.29 bits per heavy atom. The van der Waals surface area contributed by atoms with Crippen molar-refractivity contribution in [1.82, 2.24) is 9.91 Å². The molecule has 0 aromatic heterocycles. The van der Waals surface area contributed by atoms with Crippen molar-refractivity contribution in [3.05, 3.63) is 26.0 Å². The molecular weight excluding hydrogens is 544 g/mol. The molecule has 1 unspecified atom stereocenters. The second-order valence-electron chi connectivity index (χ2n) is 6.73. The maximum atomic E-state index is 12.4. The van der Waals surface area contributed by atoms with Gasteiger partial charge in [-0.1, -0.05) is 13.3 Å². The number of halogens is 2. The molecule has 0 aromatic carbocycles. The molecule has 2 heterocycles. The summed E-state index contributed by atoms with van der Waals surface area (Å²) in [6.07, 6.45) is 1.78. The average Bonchev–Trinajstić information content (AvgIpc) is 3.14. The van der Waals surface area contributed by atoms with E-state index in [0.29, 0.717) is 53.1 Å². The van der Waals surface area contributed by atoms with Crippen molar-refractivity contribution < 1.29 is 33.7 Å². The number of ether oxygens (including phenoxy) is 2. The summed E-state index contributed by atoms with van der Waals surface area (Å²) in [7, 11) is 1.28. The molecule has 1 fully saturated rings. The Morgan fingerprint density at radius 3 is 2.52 bits per heavy atom. The Morgan fingerprint density at radius 2 is 1.97 bits per heavy atom. The molecule has 0 aliphatic carbocycles. The van der Waals surface area contributed by atoms with Gasteiger partial charge in [-0.15, -0.1) is 5.01 Å². The molecule has 2 aliphatic rings. The van der Waals surface area contributed by atoms with Crippen LogP contribution in [0.15, 0.2) is 26.1 Å². The minimum Gasteiger partial charge on any atom is -0.569 e. The normalized spacial score (nSPS) is 17.8. The summed E-state index contributed by atoms with van der Waals surface area (Å²) in [6, 6.07) is 0. The van der Waals surface area contributed by atoms with E-state index in [4.69, 9.17) is 9.47 Å². The first-order valence-corrected chi connectivity index (χ1v) is 11.3. The second kappa shape index (κ2) is 12.0. The molecular formula is C18H24Br2N4O7. The summed E-state index contributed by atoms with van der Waals surface area (Å²) in [6.45, 7) is 3.19. The molecule has 2 rings (SSSR count). The van der Waals surface area contributed by atoms with E-state index in [2.05, 4.69) is 42.0 Å². The molecule has 0 radical (unpaired) electrons. The second-order valence-corrected chi connectivity index (χ2v) is 9.38. The Kier molecular flexibility index (Phi) is 9.75. The number of hydrogen-bond acceptors (Lipinski definition) is 8. The summed E-state index contributed by atoms with van der Waals surface area (Å²) in [5.74, 6) is -1.04. The maximum Gasteiger partial charge on any atom is 0.343 e. The van der Waals surface area contributed by atoms with E-state index in [1.54, 1.807) is 4.90 Å². The topological polar surface area (TPSA) is 124 Å². The van der Waals surface area contributed by atoms with Gasteiger partial charge in [0, 0.05) is 19.5 Å². The van der Waals surface area contributed by atoms with Crippen LogP contribution in [0.1, 0.15) is 32.6 Å². The van der Waals surface area contributed by atoms with E-state index in [-0.39, 0.29) is 24.3 Å². The van der Waals surface area contributed by atoms with Crippen LogP contribution >= 0.6 is 31.9 Å². The zero-order valence-corrected chi connectivity index (χ0v) is 20.4. The number of esters is 2. The number of nitrogens with zero attached hydrogens (tertiary/aromatic N) is 4. The zero-order valence-electron chi connectivity index (χ0n) is 17.2. The van der Waals surface area contributed by atoms with Gasteiger partial charge in [0.05, 0.1) is 30.1 Å². The summed E-state index contributed by atoms with van der Waals surface area (Å²) in [5, 5.41) is 16.2. The fourth-order valence-electron chi connectivity index (χ4n) is 3.07. The Bertz CT molecular complexity index is 788. The van der Waals surface area contributed by atoms with Gasteiger partial charge in [-0.2, -0.15) is 0 Å². The van der Waals surface area contributed by atoms with Crippen molar-refractivity contribution in [1.29, 1.82) is 0 Å². The van der Waals surface area contributed by atoms with Crippen LogP contribution in [0.2, 0.25) is 0 Å². The minimum atomic E-state index is -0.743. The molecule has 13 heteroatoms. The van der Waals surface area contributed by atoms with E-state index in [1.165, 1.54) is 18.2 Å². The monoisotopic (exact) mass is 566 g/mol. The quantitative estimate of drug-likeness (QED) is 0.180. The van der Waals surface area contributed by atoms with Crippen molar-refractivity contribution >= 4 is 49.7 Å². The van der Waals surface area contributed by atoms with Gasteiger partial charge in [0.2, 0.25) is 11.2 Å². The molecule has 1 amide bonds. The van der Waals surface area contributed by atoms with Crippen molar-refractivity contribution in [2.45, 2.75) is 38.7 Å². The first-order chi connectivity index (χ1) is 14.8. The van der Waals surface area contributed by atoms with Crippen LogP contribution in [0.5, 0.6) is 0 Å². The number of hydrazine groups is 1. The van der Waals surface area contributed by atoms with Crippen LogP contribution in [-0.2, 0) is 28.7 Å². The molecule has 0 bridgehead atoms. The Balaban J connectivity index is 1.85. The molecule has 0 spiro atoms. The molecule has 31 heavy (non-hydrogen) atoms. The van der Waals surface area contributed by atoms with Gasteiger partial charge in [0.1, 0.15) is 16.6 Å². The third-order valence-corrected chi connectivity index (χ3v) is 5.41. The standard InChI is InChI=1S/C18H24Br2N4O7/c1-3-4-13(12-11-14(17(19)20)31-18(12)27)30-16(26)6-5-15(25)22-7-9-23(10-8-22)24(28)21-29-2/h11,13H,3-10H2,1-2H3/b24-21-. The number of allylic oxidation sites excluding steroid dienone is 1. The fourth-order valence-corrected chi connectivity index (χ4v) is 3.46. The first-order valence-electron chi connectivity index (χ1n) is 9.69. The maximum absolute atomic E-state index is 12.4. The third-order valence-electron chi connectivity index (χ3n) is 4.63.